The molecule has 0 aromatic heterocycles. The molecule has 1 aliphatic heterocycles. The Hall–Kier alpha value is -2.20. The zero-order valence-corrected chi connectivity index (χ0v) is 22.7. The summed E-state index contributed by atoms with van der Waals surface area (Å²) in [6, 6.07) is 5.16. The summed E-state index contributed by atoms with van der Waals surface area (Å²) in [5.74, 6) is -1.13. The molecule has 3 N–H and O–H groups in total. The molecule has 9 heteroatoms. The van der Waals surface area contributed by atoms with Crippen LogP contribution in [0, 0.1) is 34.0 Å². The molecule has 1 aromatic rings. The fraction of sp³-hybridized carbons (Fsp3) is 0.655. The molecule has 0 radical (unpaired) electrons. The number of Topliss-reactive ketones (excluding diaryl/α,β-unsaturated/α-hetero) is 1. The predicted molar refractivity (Wildman–Crippen MR) is 140 cm³/mol. The lowest BCUT2D eigenvalue weighted by atomic mass is 9.44. The minimum atomic E-state index is -1.09. The van der Waals surface area contributed by atoms with Crippen molar-refractivity contribution in [2.75, 3.05) is 6.61 Å². The molecule has 1 aromatic carbocycles. The van der Waals surface area contributed by atoms with E-state index in [-0.39, 0.29) is 24.2 Å². The van der Waals surface area contributed by atoms with Crippen molar-refractivity contribution in [3.63, 3.8) is 0 Å². The minimum absolute atomic E-state index is 0.0447. The third-order valence-corrected chi connectivity index (χ3v) is 10.7. The van der Waals surface area contributed by atoms with Gasteiger partial charge in [-0.25, -0.2) is 4.79 Å². The summed E-state index contributed by atoms with van der Waals surface area (Å²) in [7, 11) is -1.02. The van der Waals surface area contributed by atoms with E-state index in [0.717, 1.165) is 18.4 Å². The summed E-state index contributed by atoms with van der Waals surface area (Å²) in [6.45, 7) is 12.0. The first-order valence-corrected chi connectivity index (χ1v) is 13.7. The van der Waals surface area contributed by atoms with Crippen LogP contribution < -0.4 is 10.2 Å². The van der Waals surface area contributed by atoms with Crippen molar-refractivity contribution in [3.05, 3.63) is 36.4 Å². The van der Waals surface area contributed by atoms with Crippen molar-refractivity contribution in [1.29, 1.82) is 0 Å². The highest BCUT2D eigenvalue weighted by molar-refractivity contribution is 6.61. The molecule has 5 rings (SSSR count). The Bertz CT molecular complexity index is 1140. The number of hydrogen-bond acceptors (Lipinski definition) is 8. The average Bonchev–Trinajstić information content (AvgIpc) is 3.40. The molecule has 206 valence electrons. The van der Waals surface area contributed by atoms with Crippen molar-refractivity contribution in [1.82, 2.24) is 0 Å². The monoisotopic (exact) mass is 526 g/mol. The van der Waals surface area contributed by atoms with E-state index >= 15 is 0 Å². The minimum Gasteiger partial charge on any atom is -0.482 e. The standard InChI is InChI=1S/C29H39BO8/c1-6-27(4)13-22(38-23(32)15-36-19-8-7-18-14-37-30(35)20(18)11-19)28(5)16(2)9-10-29(17(3)26(27)34)12-21(31)24(33)25(28)29/h6-8,11,16-17,21-22,25-26,31,34-35H,1,9-10,12-15H2,2-5H3/t16-,17-,21-,22+,25-,26-,27+,28-,29-/m0/s1. The molecule has 3 aliphatic carbocycles. The number of ketones is 1. The number of rotatable bonds is 5. The molecule has 1 heterocycles. The van der Waals surface area contributed by atoms with Gasteiger partial charge in [-0.2, -0.15) is 0 Å². The molecule has 0 spiro atoms. The summed E-state index contributed by atoms with van der Waals surface area (Å²) in [4.78, 5) is 26.8. The van der Waals surface area contributed by atoms with Crippen LogP contribution in [-0.2, 0) is 25.6 Å². The van der Waals surface area contributed by atoms with Crippen LogP contribution in [-0.4, -0.2) is 59.0 Å². The Kier molecular flexibility index (Phi) is 6.82. The van der Waals surface area contributed by atoms with E-state index in [9.17, 15) is 24.8 Å². The quantitative estimate of drug-likeness (QED) is 0.303. The number of fused-ring (bicyclic) bond motifs is 1. The van der Waals surface area contributed by atoms with Gasteiger partial charge in [0.15, 0.2) is 12.4 Å². The highest BCUT2D eigenvalue weighted by Gasteiger charge is 2.70. The van der Waals surface area contributed by atoms with Crippen LogP contribution in [0.15, 0.2) is 30.9 Å². The maximum absolute atomic E-state index is 13.6. The first-order valence-electron chi connectivity index (χ1n) is 13.7. The number of aliphatic hydroxyl groups is 2. The van der Waals surface area contributed by atoms with Crippen LogP contribution in [0.1, 0.15) is 58.9 Å². The van der Waals surface area contributed by atoms with E-state index in [2.05, 4.69) is 13.5 Å². The summed E-state index contributed by atoms with van der Waals surface area (Å²) >= 11 is 0. The van der Waals surface area contributed by atoms with E-state index in [1.807, 2.05) is 20.8 Å². The van der Waals surface area contributed by atoms with Gasteiger partial charge in [0.2, 0.25) is 0 Å². The van der Waals surface area contributed by atoms with Gasteiger partial charge in [-0.1, -0.05) is 39.8 Å². The van der Waals surface area contributed by atoms with Crippen LogP contribution in [0.5, 0.6) is 5.75 Å². The van der Waals surface area contributed by atoms with Gasteiger partial charge in [-0.3, -0.25) is 4.79 Å². The number of benzene rings is 1. The summed E-state index contributed by atoms with van der Waals surface area (Å²) in [5.41, 5.74) is -0.621. The zero-order valence-electron chi connectivity index (χ0n) is 22.7. The molecular weight excluding hydrogens is 487 g/mol. The second-order valence-corrected chi connectivity index (χ2v) is 12.5. The average molecular weight is 526 g/mol. The van der Waals surface area contributed by atoms with Gasteiger partial charge < -0.3 is 29.4 Å². The number of esters is 1. The van der Waals surface area contributed by atoms with Crippen LogP contribution in [0.3, 0.4) is 0 Å². The maximum atomic E-state index is 13.6. The molecule has 38 heavy (non-hydrogen) atoms. The molecule has 3 fully saturated rings. The molecular formula is C29H39BO8. The topological polar surface area (TPSA) is 123 Å². The fourth-order valence-electron chi connectivity index (χ4n) is 8.10. The van der Waals surface area contributed by atoms with Gasteiger partial charge in [0.05, 0.1) is 12.7 Å². The Morgan fingerprint density at radius 2 is 2.00 bits per heavy atom. The van der Waals surface area contributed by atoms with Crippen LogP contribution in [0.25, 0.3) is 0 Å². The molecule has 0 unspecified atom stereocenters. The molecule has 2 bridgehead atoms. The second-order valence-electron chi connectivity index (χ2n) is 12.5. The molecule has 0 amide bonds. The van der Waals surface area contributed by atoms with Crippen LogP contribution in [0.4, 0.5) is 0 Å². The van der Waals surface area contributed by atoms with E-state index in [1.54, 1.807) is 24.3 Å². The van der Waals surface area contributed by atoms with Crippen molar-refractivity contribution >= 4 is 24.3 Å². The lowest BCUT2D eigenvalue weighted by molar-refractivity contribution is -0.207. The molecule has 3 saturated carbocycles. The lowest BCUT2D eigenvalue weighted by Gasteiger charge is -2.61. The number of carbonyl (C=O) groups excluding carboxylic acids is 2. The van der Waals surface area contributed by atoms with Gasteiger partial charge >= 0.3 is 13.1 Å². The first-order chi connectivity index (χ1) is 17.9. The summed E-state index contributed by atoms with van der Waals surface area (Å²) < 4.78 is 17.1. The highest BCUT2D eigenvalue weighted by atomic mass is 16.6. The Morgan fingerprint density at radius 1 is 1.26 bits per heavy atom. The Labute approximate surface area is 224 Å². The van der Waals surface area contributed by atoms with E-state index < -0.39 is 53.6 Å². The van der Waals surface area contributed by atoms with Gasteiger partial charge in [0, 0.05) is 16.7 Å². The fourth-order valence-corrected chi connectivity index (χ4v) is 8.10. The maximum Gasteiger partial charge on any atom is 0.491 e. The molecule has 4 aliphatic rings. The number of aliphatic hydroxyl groups excluding tert-OH is 2. The van der Waals surface area contributed by atoms with E-state index in [4.69, 9.17) is 14.1 Å². The van der Waals surface area contributed by atoms with Crippen molar-refractivity contribution in [2.24, 2.45) is 34.0 Å². The third kappa shape index (κ3) is 3.96. The number of carbonyl (C=O) groups is 2. The van der Waals surface area contributed by atoms with Gasteiger partial charge in [-0.05, 0) is 66.1 Å². The normalized spacial score (nSPS) is 42.1. The van der Waals surface area contributed by atoms with Crippen molar-refractivity contribution in [3.8, 4) is 5.75 Å². The summed E-state index contributed by atoms with van der Waals surface area (Å²) in [5, 5.41) is 32.4. The number of ether oxygens (including phenoxy) is 2. The van der Waals surface area contributed by atoms with Crippen LogP contribution in [0.2, 0.25) is 0 Å². The smallest absolute Gasteiger partial charge is 0.482 e. The zero-order chi connectivity index (χ0) is 27.6. The largest absolute Gasteiger partial charge is 0.491 e. The van der Waals surface area contributed by atoms with E-state index in [1.165, 1.54) is 0 Å². The van der Waals surface area contributed by atoms with Crippen LogP contribution >= 0.6 is 0 Å². The second kappa shape index (κ2) is 9.47. The SMILES string of the molecule is C=C[C@]1(C)C[C@@H](OC(=O)COc2ccc3c(c2)B(O)OC3)[C@@]2(C)[C@@H]3C(=O)[C@@H](O)C[C@@]3(CC[C@@H]2C)[C@@H](C)[C@@H]1O. The Morgan fingerprint density at radius 3 is 2.71 bits per heavy atom. The summed E-state index contributed by atoms with van der Waals surface area (Å²) in [6.07, 6.45) is 1.25. The van der Waals surface area contributed by atoms with Gasteiger partial charge in [0.1, 0.15) is 18.0 Å². The van der Waals surface area contributed by atoms with Gasteiger partial charge in [0.25, 0.3) is 0 Å². The lowest BCUT2D eigenvalue weighted by Crippen LogP contribution is -2.63. The molecule has 8 nitrogen and oxygen atoms in total. The van der Waals surface area contributed by atoms with Crippen molar-refractivity contribution in [2.45, 2.75) is 78.3 Å². The molecule has 9 atom stereocenters. The van der Waals surface area contributed by atoms with Gasteiger partial charge in [-0.15, -0.1) is 6.58 Å². The predicted octanol–water partition coefficient (Wildman–Crippen LogP) is 2.16. The molecule has 0 saturated heterocycles. The Balaban J connectivity index is 1.45. The van der Waals surface area contributed by atoms with E-state index in [0.29, 0.717) is 30.7 Å². The first kappa shape index (κ1) is 27.4. The third-order valence-electron chi connectivity index (χ3n) is 10.7. The number of hydrogen-bond donors (Lipinski definition) is 3. The van der Waals surface area contributed by atoms with Crippen molar-refractivity contribution < 1.29 is 39.0 Å². The highest BCUT2D eigenvalue weighted by Crippen LogP contribution is 2.68.